The highest BCUT2D eigenvalue weighted by molar-refractivity contribution is 7.90. The predicted octanol–water partition coefficient (Wildman–Crippen LogP) is -0.458. The molecular formula is C14H24N4O3S. The Hall–Kier alpha value is -1.41. The molecule has 7 nitrogen and oxygen atoms in total. The van der Waals surface area contributed by atoms with Crippen molar-refractivity contribution in [3.63, 3.8) is 0 Å². The number of aryl methyl sites for hydroxylation is 2. The first-order valence-corrected chi connectivity index (χ1v) is 9.55. The van der Waals surface area contributed by atoms with E-state index < -0.39 is 9.84 Å². The van der Waals surface area contributed by atoms with E-state index in [-0.39, 0.29) is 11.7 Å². The average molecular weight is 328 g/mol. The molecule has 2 heterocycles. The van der Waals surface area contributed by atoms with Crippen LogP contribution in [-0.4, -0.2) is 78.6 Å². The summed E-state index contributed by atoms with van der Waals surface area (Å²) in [4.78, 5) is 16.2. The highest BCUT2D eigenvalue weighted by atomic mass is 32.2. The molecule has 1 aliphatic rings. The minimum atomic E-state index is -2.92. The molecule has 1 amide bonds. The van der Waals surface area contributed by atoms with Gasteiger partial charge in [0.15, 0.2) is 0 Å². The molecule has 1 aliphatic heterocycles. The van der Waals surface area contributed by atoms with Gasteiger partial charge in [-0.2, -0.15) is 5.10 Å². The van der Waals surface area contributed by atoms with Crippen LogP contribution >= 0.6 is 0 Å². The zero-order valence-corrected chi connectivity index (χ0v) is 14.0. The Labute approximate surface area is 131 Å². The van der Waals surface area contributed by atoms with Crippen LogP contribution in [0.1, 0.15) is 12.0 Å². The lowest BCUT2D eigenvalue weighted by Crippen LogP contribution is -2.49. The van der Waals surface area contributed by atoms with E-state index in [2.05, 4.69) is 10.00 Å². The number of amides is 1. The van der Waals surface area contributed by atoms with Crippen molar-refractivity contribution in [2.75, 3.05) is 44.7 Å². The van der Waals surface area contributed by atoms with Gasteiger partial charge in [-0.05, 0) is 12.0 Å². The average Bonchev–Trinajstić information content (AvgIpc) is 2.88. The molecule has 0 spiro atoms. The standard InChI is InChI=1S/C14H24N4O3S/c1-16-12-13(11-15-16)3-4-14(19)18-7-5-17(6-8-18)9-10-22(2,20)21/h11-12H,3-10H2,1-2H3. The second kappa shape index (κ2) is 7.23. The second-order valence-electron chi connectivity index (χ2n) is 5.87. The Balaban J connectivity index is 1.70. The van der Waals surface area contributed by atoms with E-state index in [4.69, 9.17) is 0 Å². The minimum absolute atomic E-state index is 0.159. The van der Waals surface area contributed by atoms with Crippen molar-refractivity contribution in [2.45, 2.75) is 12.8 Å². The first-order valence-electron chi connectivity index (χ1n) is 7.49. The molecule has 0 unspecified atom stereocenters. The first kappa shape index (κ1) is 17.0. The maximum absolute atomic E-state index is 12.2. The Morgan fingerprint density at radius 1 is 1.27 bits per heavy atom. The largest absolute Gasteiger partial charge is 0.340 e. The summed E-state index contributed by atoms with van der Waals surface area (Å²) in [6.07, 6.45) is 6.17. The highest BCUT2D eigenvalue weighted by Crippen LogP contribution is 2.07. The van der Waals surface area contributed by atoms with E-state index in [0.29, 0.717) is 32.5 Å². The number of carbonyl (C=O) groups excluding carboxylic acids is 1. The number of aromatic nitrogens is 2. The normalized spacial score (nSPS) is 16.9. The van der Waals surface area contributed by atoms with Crippen molar-refractivity contribution < 1.29 is 13.2 Å². The minimum Gasteiger partial charge on any atom is -0.340 e. The van der Waals surface area contributed by atoms with Crippen molar-refractivity contribution in [2.24, 2.45) is 7.05 Å². The summed E-state index contributed by atoms with van der Waals surface area (Å²) in [7, 11) is -1.06. The predicted molar refractivity (Wildman–Crippen MR) is 84.3 cm³/mol. The Morgan fingerprint density at radius 2 is 1.95 bits per heavy atom. The zero-order valence-electron chi connectivity index (χ0n) is 13.2. The van der Waals surface area contributed by atoms with Crippen LogP contribution in [0.5, 0.6) is 0 Å². The van der Waals surface area contributed by atoms with Gasteiger partial charge in [0.25, 0.3) is 0 Å². The third-order valence-corrected chi connectivity index (χ3v) is 4.81. The highest BCUT2D eigenvalue weighted by Gasteiger charge is 2.21. The molecule has 0 N–H and O–H groups in total. The van der Waals surface area contributed by atoms with Crippen LogP contribution in [-0.2, 0) is 28.1 Å². The topological polar surface area (TPSA) is 75.5 Å². The number of piperazine rings is 1. The van der Waals surface area contributed by atoms with E-state index in [1.165, 1.54) is 6.26 Å². The van der Waals surface area contributed by atoms with E-state index >= 15 is 0 Å². The summed E-state index contributed by atoms with van der Waals surface area (Å²) >= 11 is 0. The zero-order chi connectivity index (χ0) is 16.2. The SMILES string of the molecule is Cn1cc(CCC(=O)N2CCN(CCS(C)(=O)=O)CC2)cn1. The molecule has 124 valence electrons. The molecule has 0 radical (unpaired) electrons. The molecule has 1 fully saturated rings. The van der Waals surface area contributed by atoms with Crippen LogP contribution < -0.4 is 0 Å². The number of hydrogen-bond donors (Lipinski definition) is 0. The molecule has 0 bridgehead atoms. The van der Waals surface area contributed by atoms with Crippen LogP contribution in [0, 0.1) is 0 Å². The summed E-state index contributed by atoms with van der Waals surface area (Å²) in [5, 5.41) is 4.09. The second-order valence-corrected chi connectivity index (χ2v) is 8.13. The first-order chi connectivity index (χ1) is 10.3. The van der Waals surface area contributed by atoms with E-state index in [9.17, 15) is 13.2 Å². The Morgan fingerprint density at radius 3 is 2.50 bits per heavy atom. The van der Waals surface area contributed by atoms with E-state index in [1.54, 1.807) is 10.9 Å². The van der Waals surface area contributed by atoms with Crippen molar-refractivity contribution >= 4 is 15.7 Å². The fourth-order valence-corrected chi connectivity index (χ4v) is 3.12. The quantitative estimate of drug-likeness (QED) is 0.706. The number of rotatable bonds is 6. The molecular weight excluding hydrogens is 304 g/mol. The monoisotopic (exact) mass is 328 g/mol. The lowest BCUT2D eigenvalue weighted by atomic mass is 10.2. The van der Waals surface area contributed by atoms with Gasteiger partial charge in [0.05, 0.1) is 11.9 Å². The van der Waals surface area contributed by atoms with E-state index in [1.807, 2.05) is 18.1 Å². The van der Waals surface area contributed by atoms with Gasteiger partial charge >= 0.3 is 0 Å². The van der Waals surface area contributed by atoms with Gasteiger partial charge in [0.1, 0.15) is 9.84 Å². The number of hydrogen-bond acceptors (Lipinski definition) is 5. The van der Waals surface area contributed by atoms with Gasteiger partial charge in [-0.25, -0.2) is 8.42 Å². The summed E-state index contributed by atoms with van der Waals surface area (Å²) in [5.74, 6) is 0.341. The van der Waals surface area contributed by atoms with Gasteiger partial charge in [0, 0.05) is 58.6 Å². The number of sulfone groups is 1. The molecule has 0 aromatic carbocycles. The lowest BCUT2D eigenvalue weighted by molar-refractivity contribution is -0.132. The fraction of sp³-hybridized carbons (Fsp3) is 0.714. The maximum Gasteiger partial charge on any atom is 0.222 e. The van der Waals surface area contributed by atoms with Crippen molar-refractivity contribution in [1.29, 1.82) is 0 Å². The Bertz CT molecular complexity index is 603. The van der Waals surface area contributed by atoms with Gasteiger partial charge < -0.3 is 4.90 Å². The van der Waals surface area contributed by atoms with Gasteiger partial charge in [-0.3, -0.25) is 14.4 Å². The molecule has 1 saturated heterocycles. The van der Waals surface area contributed by atoms with Gasteiger partial charge in [-0.1, -0.05) is 0 Å². The summed E-state index contributed by atoms with van der Waals surface area (Å²) in [6.45, 7) is 3.39. The number of carbonyl (C=O) groups is 1. The molecule has 22 heavy (non-hydrogen) atoms. The van der Waals surface area contributed by atoms with Crippen LogP contribution in [0.3, 0.4) is 0 Å². The summed E-state index contributed by atoms with van der Waals surface area (Å²) in [6, 6.07) is 0. The van der Waals surface area contributed by atoms with Crippen LogP contribution in [0.4, 0.5) is 0 Å². The van der Waals surface area contributed by atoms with Crippen molar-refractivity contribution in [3.8, 4) is 0 Å². The molecule has 1 aromatic heterocycles. The van der Waals surface area contributed by atoms with Crippen LogP contribution in [0.25, 0.3) is 0 Å². The molecule has 0 aliphatic carbocycles. The molecule has 0 saturated carbocycles. The molecule has 1 aromatic rings. The molecule has 8 heteroatoms. The third kappa shape index (κ3) is 5.42. The van der Waals surface area contributed by atoms with Gasteiger partial charge in [0.2, 0.25) is 5.91 Å². The van der Waals surface area contributed by atoms with Crippen LogP contribution in [0.2, 0.25) is 0 Å². The molecule has 2 rings (SSSR count). The van der Waals surface area contributed by atoms with Crippen LogP contribution in [0.15, 0.2) is 12.4 Å². The molecule has 0 atom stereocenters. The smallest absolute Gasteiger partial charge is 0.222 e. The van der Waals surface area contributed by atoms with Gasteiger partial charge in [-0.15, -0.1) is 0 Å². The Kier molecular flexibility index (Phi) is 5.57. The maximum atomic E-state index is 12.2. The van der Waals surface area contributed by atoms with E-state index in [0.717, 1.165) is 18.7 Å². The summed E-state index contributed by atoms with van der Waals surface area (Å²) < 4.78 is 24.1. The third-order valence-electron chi connectivity index (χ3n) is 3.89. The van der Waals surface area contributed by atoms with Crippen molar-refractivity contribution in [3.05, 3.63) is 18.0 Å². The van der Waals surface area contributed by atoms with Crippen molar-refractivity contribution in [1.82, 2.24) is 19.6 Å². The fourth-order valence-electron chi connectivity index (χ4n) is 2.53. The number of nitrogens with zero attached hydrogens (tertiary/aromatic N) is 4. The summed E-state index contributed by atoms with van der Waals surface area (Å²) in [5.41, 5.74) is 1.07. The lowest BCUT2D eigenvalue weighted by Gasteiger charge is -2.34.